The van der Waals surface area contributed by atoms with Gasteiger partial charge in [0.05, 0.1) is 19.8 Å². The lowest BCUT2D eigenvalue weighted by Crippen LogP contribution is -2.09. The molecule has 0 unspecified atom stereocenters. The molecule has 0 aliphatic rings. The molecule has 0 aliphatic carbocycles. The first kappa shape index (κ1) is 25.2. The Kier molecular flexibility index (Phi) is 19.2. The molecule has 0 aromatic rings. The highest BCUT2D eigenvalue weighted by molar-refractivity contribution is 5.68. The predicted molar refractivity (Wildman–Crippen MR) is 110 cm³/mol. The molecule has 1 N–H and O–H groups in total. The topological polar surface area (TPSA) is 95.3 Å². The Hall–Kier alpha value is -1.78. The van der Waals surface area contributed by atoms with Gasteiger partial charge in [-0.2, -0.15) is 0 Å². The molecule has 6 nitrogen and oxygen atoms in total. The summed E-state index contributed by atoms with van der Waals surface area (Å²) in [6.07, 6.45) is 21.8. The van der Waals surface area contributed by atoms with Crippen molar-refractivity contribution in [2.24, 2.45) is 5.11 Å². The smallest absolute Gasteiger partial charge is 0.305 e. The third kappa shape index (κ3) is 20.4. The highest BCUT2D eigenvalue weighted by Crippen LogP contribution is 2.09. The lowest BCUT2D eigenvalue weighted by Gasteiger charge is -2.04. The van der Waals surface area contributed by atoms with Crippen LogP contribution in [0, 0.1) is 0 Å². The number of nitrogens with zero attached hydrogens (tertiary/aromatic N) is 3. The van der Waals surface area contributed by atoms with Crippen molar-refractivity contribution in [2.75, 3.05) is 13.7 Å². The number of hydrogen-bond acceptors (Lipinski definition) is 4. The van der Waals surface area contributed by atoms with E-state index in [4.69, 9.17) is 5.53 Å². The lowest BCUT2D eigenvalue weighted by atomic mass is 10.1. The molecule has 0 radical (unpaired) electrons. The number of hydrogen-bond donors (Lipinski definition) is 1. The van der Waals surface area contributed by atoms with Crippen LogP contribution >= 0.6 is 0 Å². The minimum absolute atomic E-state index is 0.126. The zero-order chi connectivity index (χ0) is 20.0. The molecule has 154 valence electrons. The monoisotopic (exact) mass is 379 g/mol. The van der Waals surface area contributed by atoms with Crippen LogP contribution in [0.25, 0.3) is 10.4 Å². The van der Waals surface area contributed by atoms with Crippen LogP contribution in [-0.2, 0) is 9.53 Å². The van der Waals surface area contributed by atoms with Gasteiger partial charge in [-0.1, -0.05) is 48.7 Å². The van der Waals surface area contributed by atoms with Crippen LogP contribution in [0.5, 0.6) is 0 Å². The molecule has 0 bridgehead atoms. The Bertz CT molecular complexity index is 458. The van der Waals surface area contributed by atoms with Crippen molar-refractivity contribution in [3.63, 3.8) is 0 Å². The van der Waals surface area contributed by atoms with E-state index in [0.29, 0.717) is 12.8 Å². The van der Waals surface area contributed by atoms with Crippen LogP contribution in [0.3, 0.4) is 0 Å². The maximum absolute atomic E-state index is 10.9. The van der Waals surface area contributed by atoms with Gasteiger partial charge in [-0.25, -0.2) is 0 Å². The number of aliphatic hydroxyl groups is 1. The number of carbonyl (C=O) groups excluding carboxylic acids is 1. The molecule has 0 heterocycles. The van der Waals surface area contributed by atoms with Crippen molar-refractivity contribution >= 4 is 5.97 Å². The van der Waals surface area contributed by atoms with Gasteiger partial charge in [0.15, 0.2) is 0 Å². The van der Waals surface area contributed by atoms with Crippen LogP contribution < -0.4 is 0 Å². The largest absolute Gasteiger partial charge is 0.469 e. The van der Waals surface area contributed by atoms with Gasteiger partial charge >= 0.3 is 5.97 Å². The normalized spacial score (nSPS) is 12.4. The Morgan fingerprint density at radius 2 is 1.48 bits per heavy atom. The van der Waals surface area contributed by atoms with Crippen LogP contribution in [0.1, 0.15) is 83.5 Å². The molecule has 0 aromatic heterocycles. The van der Waals surface area contributed by atoms with E-state index in [9.17, 15) is 9.90 Å². The summed E-state index contributed by atoms with van der Waals surface area (Å²) < 4.78 is 4.61. The minimum atomic E-state index is -0.510. The third-order valence-electron chi connectivity index (χ3n) is 4.32. The molecule has 0 saturated heterocycles. The van der Waals surface area contributed by atoms with Crippen LogP contribution in [0.4, 0.5) is 0 Å². The molecule has 1 atom stereocenters. The maximum Gasteiger partial charge on any atom is 0.305 e. The first-order valence-corrected chi connectivity index (χ1v) is 10.3. The fourth-order valence-electron chi connectivity index (χ4n) is 2.69. The molecule has 0 aliphatic heterocycles. The van der Waals surface area contributed by atoms with Crippen LogP contribution in [0.15, 0.2) is 29.4 Å². The number of unbranched alkanes of at least 4 members (excludes halogenated alkanes) is 8. The molecular weight excluding hydrogens is 342 g/mol. The molecule has 0 aromatic carbocycles. The fraction of sp³-hybridized carbons (Fsp3) is 0.762. The van der Waals surface area contributed by atoms with E-state index in [0.717, 1.165) is 38.5 Å². The highest BCUT2D eigenvalue weighted by Gasteiger charge is 2.00. The van der Waals surface area contributed by atoms with Crippen LogP contribution in [0.2, 0.25) is 0 Å². The van der Waals surface area contributed by atoms with Gasteiger partial charge in [0.2, 0.25) is 0 Å². The van der Waals surface area contributed by atoms with Gasteiger partial charge in [-0.15, -0.1) is 0 Å². The van der Waals surface area contributed by atoms with Gasteiger partial charge in [-0.05, 0) is 63.3 Å². The molecule has 0 rings (SSSR count). The Labute approximate surface area is 164 Å². The Morgan fingerprint density at radius 3 is 2.04 bits per heavy atom. The van der Waals surface area contributed by atoms with Gasteiger partial charge in [0.1, 0.15) is 0 Å². The van der Waals surface area contributed by atoms with Gasteiger partial charge in [-0.3, -0.25) is 4.79 Å². The Morgan fingerprint density at radius 1 is 0.963 bits per heavy atom. The summed E-state index contributed by atoms with van der Waals surface area (Å²) in [7, 11) is 1.43. The molecule has 0 amide bonds. The Balaban J connectivity index is 3.28. The number of rotatable bonds is 18. The number of azide groups is 1. The van der Waals surface area contributed by atoms with Crippen LogP contribution in [-0.4, -0.2) is 30.8 Å². The third-order valence-corrected chi connectivity index (χ3v) is 4.32. The summed E-state index contributed by atoms with van der Waals surface area (Å²) in [5.41, 5.74) is 8.17. The van der Waals surface area contributed by atoms with E-state index in [1.54, 1.807) is 0 Å². The van der Waals surface area contributed by atoms with Crippen molar-refractivity contribution in [1.82, 2.24) is 0 Å². The van der Waals surface area contributed by atoms with E-state index < -0.39 is 6.10 Å². The maximum atomic E-state index is 10.9. The van der Waals surface area contributed by atoms with Crippen molar-refractivity contribution in [3.05, 3.63) is 34.7 Å². The average Bonchev–Trinajstić information content (AvgIpc) is 2.68. The quantitative estimate of drug-likeness (QED) is 0.0788. The molecular formula is C21H37N3O3. The summed E-state index contributed by atoms with van der Waals surface area (Å²) in [4.78, 5) is 13.6. The summed E-state index contributed by atoms with van der Waals surface area (Å²) >= 11 is 0. The van der Waals surface area contributed by atoms with E-state index in [-0.39, 0.29) is 12.5 Å². The van der Waals surface area contributed by atoms with Gasteiger partial charge in [0.25, 0.3) is 0 Å². The number of allylic oxidation sites excluding steroid dienone is 4. The standard InChI is InChI=1S/C21H37N3O3/c1-27-21(26)18-16-14-12-10-8-6-4-2-3-5-7-9-11-13-15-17-20(25)19-23-24-22/h9-12,20,25H,2-8,13-19H2,1H3/b11-9-,12-10-/t20-/m0/s1. The van der Waals surface area contributed by atoms with E-state index in [2.05, 4.69) is 39.1 Å². The summed E-state index contributed by atoms with van der Waals surface area (Å²) in [5.74, 6) is -0.126. The zero-order valence-corrected chi connectivity index (χ0v) is 16.9. The van der Waals surface area contributed by atoms with E-state index in [1.165, 1.54) is 39.2 Å². The molecule has 27 heavy (non-hydrogen) atoms. The second-order valence-corrected chi connectivity index (χ2v) is 6.75. The van der Waals surface area contributed by atoms with Crippen molar-refractivity contribution < 1.29 is 14.6 Å². The summed E-state index contributed by atoms with van der Waals surface area (Å²) in [5, 5.41) is 12.9. The number of methoxy groups -OCH3 is 1. The SMILES string of the molecule is COC(=O)CCC/C=C\CCCCCCC/C=C\CCC[C@H](O)CN=[N+]=[N-]. The summed E-state index contributed by atoms with van der Waals surface area (Å²) in [6.45, 7) is 0.172. The van der Waals surface area contributed by atoms with Crippen molar-refractivity contribution in [3.8, 4) is 0 Å². The van der Waals surface area contributed by atoms with Gasteiger partial charge in [0, 0.05) is 11.3 Å². The van der Waals surface area contributed by atoms with E-state index >= 15 is 0 Å². The zero-order valence-electron chi connectivity index (χ0n) is 16.9. The lowest BCUT2D eigenvalue weighted by molar-refractivity contribution is -0.140. The summed E-state index contributed by atoms with van der Waals surface area (Å²) in [6, 6.07) is 0. The van der Waals surface area contributed by atoms with Crippen molar-refractivity contribution in [2.45, 2.75) is 89.6 Å². The molecule has 0 saturated carbocycles. The first-order chi connectivity index (χ1) is 13.2. The number of carbonyl (C=O) groups is 1. The molecule has 0 spiro atoms. The highest BCUT2D eigenvalue weighted by atomic mass is 16.5. The van der Waals surface area contributed by atoms with E-state index in [1.807, 2.05) is 0 Å². The molecule has 0 fully saturated rings. The number of ether oxygens (including phenoxy) is 1. The van der Waals surface area contributed by atoms with Crippen molar-refractivity contribution in [1.29, 1.82) is 0 Å². The predicted octanol–water partition coefficient (Wildman–Crippen LogP) is 6.01. The fourth-order valence-corrected chi connectivity index (χ4v) is 2.69. The van der Waals surface area contributed by atoms with Gasteiger partial charge < -0.3 is 9.84 Å². The minimum Gasteiger partial charge on any atom is -0.469 e. The second kappa shape index (κ2) is 20.5. The molecule has 6 heteroatoms. The number of aliphatic hydroxyl groups excluding tert-OH is 1. The average molecular weight is 380 g/mol. The number of esters is 1. The second-order valence-electron chi connectivity index (χ2n) is 6.75. The first-order valence-electron chi connectivity index (χ1n) is 10.3.